The van der Waals surface area contributed by atoms with Crippen molar-refractivity contribution in [1.29, 1.82) is 0 Å². The maximum Gasteiger partial charge on any atom is 0.408 e. The number of nitrogens with zero attached hydrogens (tertiary/aromatic N) is 2. The molecule has 2 amide bonds. The van der Waals surface area contributed by atoms with Crippen LogP contribution in [0.4, 0.5) is 10.5 Å². The molecule has 2 N–H and O–H groups in total. The van der Waals surface area contributed by atoms with Gasteiger partial charge in [-0.25, -0.2) is 17.5 Å². The Balaban J connectivity index is 1.28. The summed E-state index contributed by atoms with van der Waals surface area (Å²) < 4.78 is 30.8. The lowest BCUT2D eigenvalue weighted by Gasteiger charge is -2.43. The van der Waals surface area contributed by atoms with Gasteiger partial charge in [-0.15, -0.1) is 0 Å². The molecule has 2 saturated carbocycles. The van der Waals surface area contributed by atoms with Gasteiger partial charge in [0.25, 0.3) is 0 Å². The molecular formula is C34H44N4O5S2. The van der Waals surface area contributed by atoms with E-state index < -0.39 is 27.3 Å². The topological polar surface area (TPSA) is 118 Å². The standard InChI is InChI=1S/C34H44N4O5S2/c1-33(2,3)43-32(40)37-34(16-6-17-34)26-11-9-24(10-12-26)31-29(25-15-18-44-22-25)20-27(21-35-31)36-30(39)19-23-7-13-28(14-8-23)38(4)45(5,41)42/h9-12,15,18,20-23,28H,6-8,13-14,16-17,19H2,1-5H3,(H,36,39)(H,37,40). The van der Waals surface area contributed by atoms with Crippen molar-refractivity contribution < 1.29 is 22.7 Å². The molecule has 2 aliphatic rings. The first-order valence-electron chi connectivity index (χ1n) is 15.6. The summed E-state index contributed by atoms with van der Waals surface area (Å²) in [5, 5.41) is 10.3. The molecule has 3 aromatic rings. The Bertz CT molecular complexity index is 1600. The fourth-order valence-electron chi connectivity index (χ4n) is 6.32. The van der Waals surface area contributed by atoms with Crippen LogP contribution in [0.15, 0.2) is 53.4 Å². The van der Waals surface area contributed by atoms with Crippen LogP contribution in [0.5, 0.6) is 0 Å². The highest BCUT2D eigenvalue weighted by atomic mass is 32.2. The zero-order valence-electron chi connectivity index (χ0n) is 26.8. The second-order valence-corrected chi connectivity index (χ2v) is 16.3. The zero-order valence-corrected chi connectivity index (χ0v) is 28.4. The van der Waals surface area contributed by atoms with Crippen molar-refractivity contribution in [2.24, 2.45) is 5.92 Å². The molecule has 0 spiro atoms. The van der Waals surface area contributed by atoms with Crippen LogP contribution >= 0.6 is 11.3 Å². The number of rotatable bonds is 9. The Hall–Kier alpha value is -3.28. The zero-order chi connectivity index (χ0) is 32.4. The molecule has 0 unspecified atom stereocenters. The number of nitrogens with one attached hydrogen (secondary N) is 2. The number of ether oxygens (including phenoxy) is 1. The number of aromatic nitrogens is 1. The molecule has 5 rings (SSSR count). The van der Waals surface area contributed by atoms with E-state index >= 15 is 0 Å². The highest BCUT2D eigenvalue weighted by Gasteiger charge is 2.41. The van der Waals surface area contributed by atoms with E-state index in [1.54, 1.807) is 24.6 Å². The lowest BCUT2D eigenvalue weighted by molar-refractivity contribution is -0.117. The maximum atomic E-state index is 13.0. The number of sulfonamides is 1. The smallest absolute Gasteiger partial charge is 0.408 e. The first-order chi connectivity index (χ1) is 21.2. The molecule has 2 aliphatic carbocycles. The maximum absolute atomic E-state index is 13.0. The minimum Gasteiger partial charge on any atom is -0.444 e. The van der Waals surface area contributed by atoms with Crippen LogP contribution in [0.3, 0.4) is 0 Å². The second kappa shape index (κ2) is 13.2. The van der Waals surface area contributed by atoms with Gasteiger partial charge < -0.3 is 15.4 Å². The molecule has 0 saturated heterocycles. The summed E-state index contributed by atoms with van der Waals surface area (Å²) in [6.45, 7) is 5.58. The molecule has 45 heavy (non-hydrogen) atoms. The fourth-order valence-corrected chi connectivity index (χ4v) is 7.73. The Morgan fingerprint density at radius 2 is 1.76 bits per heavy atom. The van der Waals surface area contributed by atoms with Crippen molar-refractivity contribution >= 4 is 39.0 Å². The van der Waals surface area contributed by atoms with E-state index in [1.807, 2.05) is 50.4 Å². The molecular weight excluding hydrogens is 609 g/mol. The number of thiophene rings is 1. The predicted octanol–water partition coefficient (Wildman–Crippen LogP) is 7.16. The van der Waals surface area contributed by atoms with Gasteiger partial charge in [0.2, 0.25) is 15.9 Å². The summed E-state index contributed by atoms with van der Waals surface area (Å²) in [5.74, 6) is 0.161. The van der Waals surface area contributed by atoms with E-state index in [4.69, 9.17) is 9.72 Å². The van der Waals surface area contributed by atoms with Gasteiger partial charge in [0.1, 0.15) is 5.60 Å². The normalized spacial score (nSPS) is 19.9. The number of carbonyl (C=O) groups is 2. The Morgan fingerprint density at radius 3 is 2.31 bits per heavy atom. The van der Waals surface area contributed by atoms with E-state index in [-0.39, 0.29) is 17.9 Å². The molecule has 1 aromatic carbocycles. The lowest BCUT2D eigenvalue weighted by Crippen LogP contribution is -2.52. The third kappa shape index (κ3) is 8.12. The average Bonchev–Trinajstić information content (AvgIpc) is 3.49. The molecule has 9 nitrogen and oxygen atoms in total. The van der Waals surface area contributed by atoms with Crippen molar-refractivity contribution in [1.82, 2.24) is 14.6 Å². The van der Waals surface area contributed by atoms with Crippen molar-refractivity contribution in [3.8, 4) is 22.4 Å². The van der Waals surface area contributed by atoms with Crippen LogP contribution in [0.25, 0.3) is 22.4 Å². The summed E-state index contributed by atoms with van der Waals surface area (Å²) in [6.07, 6.45) is 8.84. The first kappa shape index (κ1) is 33.1. The van der Waals surface area contributed by atoms with Gasteiger partial charge in [0.05, 0.1) is 29.4 Å². The van der Waals surface area contributed by atoms with Crippen LogP contribution in [0.2, 0.25) is 0 Å². The van der Waals surface area contributed by atoms with Crippen LogP contribution in [0, 0.1) is 5.92 Å². The van der Waals surface area contributed by atoms with Crippen molar-refractivity contribution in [2.75, 3.05) is 18.6 Å². The van der Waals surface area contributed by atoms with Gasteiger partial charge in [-0.05, 0) is 106 Å². The van der Waals surface area contributed by atoms with Crippen molar-refractivity contribution in [2.45, 2.75) is 89.3 Å². The van der Waals surface area contributed by atoms with Crippen LogP contribution in [-0.2, 0) is 25.1 Å². The number of alkyl carbamates (subject to hydrolysis) is 1. The number of benzene rings is 1. The minimum absolute atomic E-state index is 0.00113. The summed E-state index contributed by atoms with van der Waals surface area (Å²) in [4.78, 5) is 30.5. The molecule has 11 heteroatoms. The van der Waals surface area contributed by atoms with Gasteiger partial charge in [0.15, 0.2) is 0 Å². The number of pyridine rings is 1. The van der Waals surface area contributed by atoms with E-state index in [9.17, 15) is 18.0 Å². The Labute approximate surface area is 270 Å². The van der Waals surface area contributed by atoms with Gasteiger partial charge in [-0.1, -0.05) is 24.3 Å². The third-order valence-corrected chi connectivity index (χ3v) is 11.0. The first-order valence-corrected chi connectivity index (χ1v) is 18.4. The number of amides is 2. The Kier molecular flexibility index (Phi) is 9.72. The van der Waals surface area contributed by atoms with Crippen LogP contribution in [-0.4, -0.2) is 54.7 Å². The molecule has 0 atom stereocenters. The molecule has 2 heterocycles. The monoisotopic (exact) mass is 652 g/mol. The Morgan fingerprint density at radius 1 is 1.07 bits per heavy atom. The van der Waals surface area contributed by atoms with E-state index in [0.29, 0.717) is 12.1 Å². The van der Waals surface area contributed by atoms with E-state index in [2.05, 4.69) is 28.1 Å². The predicted molar refractivity (Wildman–Crippen MR) is 179 cm³/mol. The number of carbonyl (C=O) groups excluding carboxylic acids is 2. The van der Waals surface area contributed by atoms with Crippen molar-refractivity contribution in [3.05, 3.63) is 58.9 Å². The molecule has 2 aromatic heterocycles. The highest BCUT2D eigenvalue weighted by molar-refractivity contribution is 7.88. The van der Waals surface area contributed by atoms with E-state index in [1.165, 1.54) is 10.6 Å². The summed E-state index contributed by atoms with van der Waals surface area (Å²) in [7, 11) is -1.58. The summed E-state index contributed by atoms with van der Waals surface area (Å²) in [6, 6.07) is 12.2. The SMILES string of the molecule is CN(C1CCC(CC(=O)Nc2cnc(-c3ccc(C4(NC(=O)OC(C)(C)C)CCC4)cc3)c(-c3ccsc3)c2)CC1)S(C)(=O)=O. The van der Waals surface area contributed by atoms with Gasteiger partial charge in [-0.2, -0.15) is 11.3 Å². The summed E-state index contributed by atoms with van der Waals surface area (Å²) >= 11 is 1.60. The molecule has 0 radical (unpaired) electrons. The molecule has 242 valence electrons. The molecule has 2 fully saturated rings. The average molecular weight is 653 g/mol. The second-order valence-electron chi connectivity index (χ2n) is 13.5. The third-order valence-electron chi connectivity index (χ3n) is 8.99. The van der Waals surface area contributed by atoms with Gasteiger partial charge in [-0.3, -0.25) is 9.78 Å². The highest BCUT2D eigenvalue weighted by Crippen LogP contribution is 2.43. The number of anilines is 1. The quantitative estimate of drug-likeness (QED) is 0.253. The number of hydrogen-bond donors (Lipinski definition) is 2. The van der Waals surface area contributed by atoms with Crippen LogP contribution in [0.1, 0.15) is 77.7 Å². The molecule has 0 aliphatic heterocycles. The molecule has 0 bridgehead atoms. The largest absolute Gasteiger partial charge is 0.444 e. The van der Waals surface area contributed by atoms with Crippen LogP contribution < -0.4 is 10.6 Å². The number of hydrogen-bond acceptors (Lipinski definition) is 7. The van der Waals surface area contributed by atoms with Gasteiger partial charge in [0, 0.05) is 30.6 Å². The van der Waals surface area contributed by atoms with E-state index in [0.717, 1.165) is 72.9 Å². The fraction of sp³-hybridized carbons (Fsp3) is 0.500. The summed E-state index contributed by atoms with van der Waals surface area (Å²) in [5.41, 5.74) is 4.40. The lowest BCUT2D eigenvalue weighted by atomic mass is 9.71. The van der Waals surface area contributed by atoms with Crippen molar-refractivity contribution in [3.63, 3.8) is 0 Å². The van der Waals surface area contributed by atoms with Gasteiger partial charge >= 0.3 is 6.09 Å². The minimum atomic E-state index is -3.22.